The zero-order chi connectivity index (χ0) is 28.1. The van der Waals surface area contributed by atoms with Crippen molar-refractivity contribution in [3.63, 3.8) is 0 Å². The van der Waals surface area contributed by atoms with Gasteiger partial charge in [-0.25, -0.2) is 0 Å². The Morgan fingerprint density at radius 3 is 1.32 bits per heavy atom. The first-order valence-electron chi connectivity index (χ1n) is 13.0. The lowest BCUT2D eigenvalue weighted by Crippen LogP contribution is -2.40. The number of allylic oxidation sites excluding steroid dienone is 2. The van der Waals surface area contributed by atoms with Crippen LogP contribution in [-0.2, 0) is 29.8 Å². The lowest BCUT2D eigenvalue weighted by atomic mass is 9.68. The van der Waals surface area contributed by atoms with Gasteiger partial charge in [-0.3, -0.25) is 18.7 Å². The van der Waals surface area contributed by atoms with Crippen LogP contribution in [0.25, 0.3) is 12.2 Å². The smallest absolute Gasteiger partial charge is 0.291 e. The Morgan fingerprint density at radius 2 is 1.08 bits per heavy atom. The number of carbonyl (C=O) groups is 2. The molecule has 38 heavy (non-hydrogen) atoms. The molecule has 1 aromatic carbocycles. The fraction of sp³-hybridized carbons (Fsp3) is 0.571. The monoisotopic (exact) mass is 562 g/mol. The molecule has 1 aromatic rings. The SMILES string of the molecule is CC1(C)C2CCC1(C(=Cc1ccccc1C=C(C13CCC(CC1=O)C3(C)C)S(=O)(=O)O)S(=O)(=O)O)C(=O)C2. The topological polar surface area (TPSA) is 143 Å². The van der Waals surface area contributed by atoms with Crippen molar-refractivity contribution in [2.45, 2.75) is 66.2 Å². The Morgan fingerprint density at radius 1 is 0.737 bits per heavy atom. The molecular formula is C28H34O8S2. The van der Waals surface area contributed by atoms with E-state index in [9.17, 15) is 35.5 Å². The van der Waals surface area contributed by atoms with E-state index in [1.165, 1.54) is 12.2 Å². The third-order valence-corrected chi connectivity index (χ3v) is 12.8. The van der Waals surface area contributed by atoms with Crippen molar-refractivity contribution in [2.75, 3.05) is 0 Å². The van der Waals surface area contributed by atoms with Gasteiger partial charge < -0.3 is 0 Å². The molecule has 206 valence electrons. The van der Waals surface area contributed by atoms with Gasteiger partial charge in [0.25, 0.3) is 20.2 Å². The second-order valence-corrected chi connectivity index (χ2v) is 15.4. The summed E-state index contributed by atoms with van der Waals surface area (Å²) in [6.07, 6.45) is 4.86. The number of hydrogen-bond acceptors (Lipinski definition) is 6. The summed E-state index contributed by atoms with van der Waals surface area (Å²) in [4.78, 5) is 25.7. The molecule has 0 radical (unpaired) electrons. The van der Waals surface area contributed by atoms with Gasteiger partial charge in [0.2, 0.25) is 0 Å². The van der Waals surface area contributed by atoms with E-state index in [2.05, 4.69) is 0 Å². The molecule has 4 aliphatic carbocycles. The van der Waals surface area contributed by atoms with E-state index in [-0.39, 0.29) is 60.2 Å². The molecule has 4 atom stereocenters. The van der Waals surface area contributed by atoms with Crippen LogP contribution in [0.3, 0.4) is 0 Å². The van der Waals surface area contributed by atoms with Crippen LogP contribution in [0.1, 0.15) is 77.3 Å². The maximum atomic E-state index is 13.2. The third kappa shape index (κ3) is 3.46. The summed E-state index contributed by atoms with van der Waals surface area (Å²) >= 11 is 0. The van der Waals surface area contributed by atoms with Gasteiger partial charge in [-0.05, 0) is 71.6 Å². The quantitative estimate of drug-likeness (QED) is 0.465. The normalized spacial score (nSPS) is 34.4. The Kier molecular flexibility index (Phi) is 5.91. The first-order chi connectivity index (χ1) is 17.4. The van der Waals surface area contributed by atoms with Crippen molar-refractivity contribution in [1.29, 1.82) is 0 Å². The van der Waals surface area contributed by atoms with Crippen molar-refractivity contribution in [2.24, 2.45) is 33.5 Å². The summed E-state index contributed by atoms with van der Waals surface area (Å²) in [5, 5.41) is 0. The minimum Gasteiger partial charge on any atom is -0.299 e. The van der Waals surface area contributed by atoms with Crippen molar-refractivity contribution in [3.8, 4) is 0 Å². The molecule has 4 fully saturated rings. The van der Waals surface area contributed by atoms with Crippen LogP contribution in [0, 0.1) is 33.5 Å². The van der Waals surface area contributed by atoms with Gasteiger partial charge in [0.15, 0.2) is 0 Å². The summed E-state index contributed by atoms with van der Waals surface area (Å²) in [5.74, 6) is -0.482. The lowest BCUT2D eigenvalue weighted by molar-refractivity contribution is -0.127. The van der Waals surface area contributed by atoms with E-state index in [1.807, 2.05) is 27.7 Å². The van der Waals surface area contributed by atoms with E-state index in [4.69, 9.17) is 0 Å². The van der Waals surface area contributed by atoms with Crippen molar-refractivity contribution in [1.82, 2.24) is 0 Å². The largest absolute Gasteiger partial charge is 0.299 e. The van der Waals surface area contributed by atoms with Crippen LogP contribution in [0.5, 0.6) is 0 Å². The van der Waals surface area contributed by atoms with Crippen molar-refractivity contribution >= 4 is 44.0 Å². The van der Waals surface area contributed by atoms with E-state index in [0.717, 1.165) is 0 Å². The predicted octanol–water partition coefficient (Wildman–Crippen LogP) is 4.93. The Hall–Kier alpha value is -2.14. The molecule has 4 aliphatic rings. The highest BCUT2D eigenvalue weighted by Crippen LogP contribution is 2.69. The Bertz CT molecular complexity index is 1410. The maximum Gasteiger partial charge on any atom is 0.291 e. The highest BCUT2D eigenvalue weighted by Gasteiger charge is 2.69. The zero-order valence-corrected chi connectivity index (χ0v) is 23.7. The molecule has 5 rings (SSSR count). The standard InChI is InChI=1S/C28H34O8S2/c1-25(2)19-9-11-27(25,21(29)15-19)23(37(31,32)33)13-17-7-5-6-8-18(17)14-24(38(34,35)36)28-12-10-20(16-22(28)30)26(28,3)4/h5-8,13-14,19-20H,9-12,15-16H2,1-4H3,(H,31,32,33)(H,34,35,36). The minimum absolute atomic E-state index is 0.00792. The van der Waals surface area contributed by atoms with Crippen LogP contribution in [0.4, 0.5) is 0 Å². The number of Topliss-reactive ketones (excluding diaryl/α,β-unsaturated/α-hetero) is 2. The van der Waals surface area contributed by atoms with Crippen LogP contribution >= 0.6 is 0 Å². The van der Waals surface area contributed by atoms with Gasteiger partial charge >= 0.3 is 0 Å². The molecule has 0 spiro atoms. The summed E-state index contributed by atoms with van der Waals surface area (Å²) in [5.41, 5.74) is -3.68. The highest BCUT2D eigenvalue weighted by molar-refractivity contribution is 7.90. The highest BCUT2D eigenvalue weighted by atomic mass is 32.2. The van der Waals surface area contributed by atoms with Crippen molar-refractivity contribution in [3.05, 3.63) is 45.2 Å². The van der Waals surface area contributed by atoms with E-state index >= 15 is 0 Å². The molecule has 0 aromatic heterocycles. The molecule has 4 bridgehead atoms. The molecule has 0 heterocycles. The van der Waals surface area contributed by atoms with Crippen molar-refractivity contribution < 1.29 is 35.5 Å². The maximum absolute atomic E-state index is 13.2. The van der Waals surface area contributed by atoms with Gasteiger partial charge in [-0.15, -0.1) is 0 Å². The first-order valence-corrected chi connectivity index (χ1v) is 15.8. The fourth-order valence-corrected chi connectivity index (χ4v) is 10.8. The lowest BCUT2D eigenvalue weighted by Gasteiger charge is -2.37. The van der Waals surface area contributed by atoms with Crippen LogP contribution in [0.15, 0.2) is 34.1 Å². The Balaban J connectivity index is 1.75. The van der Waals surface area contributed by atoms with Gasteiger partial charge in [0.1, 0.15) is 11.6 Å². The molecule has 2 N–H and O–H groups in total. The van der Waals surface area contributed by atoms with Crippen LogP contribution in [-0.4, -0.2) is 37.5 Å². The molecule has 0 aliphatic heterocycles. The average molecular weight is 563 g/mol. The van der Waals surface area contributed by atoms with E-state index in [1.54, 1.807) is 24.3 Å². The molecule has 8 nitrogen and oxygen atoms in total. The second-order valence-electron chi connectivity index (χ2n) is 12.6. The summed E-state index contributed by atoms with van der Waals surface area (Å²) in [7, 11) is -9.65. The van der Waals surface area contributed by atoms with E-state index < -0.39 is 51.7 Å². The van der Waals surface area contributed by atoms with Crippen LogP contribution in [0.2, 0.25) is 0 Å². The predicted molar refractivity (Wildman–Crippen MR) is 143 cm³/mol. The fourth-order valence-electron chi connectivity index (χ4n) is 8.40. The third-order valence-electron chi connectivity index (χ3n) is 10.8. The second kappa shape index (κ2) is 8.19. The Labute approximate surface area is 224 Å². The van der Waals surface area contributed by atoms with Gasteiger partial charge in [0, 0.05) is 12.8 Å². The molecule has 4 unspecified atom stereocenters. The number of rotatable bonds is 6. The molecule has 0 saturated heterocycles. The van der Waals surface area contributed by atoms with Gasteiger partial charge in [-0.1, -0.05) is 52.0 Å². The number of ketones is 2. The molecular weight excluding hydrogens is 528 g/mol. The van der Waals surface area contributed by atoms with Gasteiger partial charge in [-0.2, -0.15) is 16.8 Å². The average Bonchev–Trinajstić information content (AvgIpc) is 3.34. The summed E-state index contributed by atoms with van der Waals surface area (Å²) in [6.45, 7) is 7.39. The number of hydrogen-bond donors (Lipinski definition) is 2. The van der Waals surface area contributed by atoms with Crippen LogP contribution < -0.4 is 0 Å². The molecule has 4 saturated carbocycles. The number of benzene rings is 1. The summed E-state index contributed by atoms with van der Waals surface area (Å²) in [6, 6.07) is 6.38. The molecule has 10 heteroatoms. The molecule has 0 amide bonds. The summed E-state index contributed by atoms with van der Waals surface area (Å²) < 4.78 is 72.0. The number of fused-ring (bicyclic) bond motifs is 4. The minimum atomic E-state index is -4.82. The first kappa shape index (κ1) is 27.4. The van der Waals surface area contributed by atoms with E-state index in [0.29, 0.717) is 12.8 Å². The zero-order valence-electron chi connectivity index (χ0n) is 22.0. The van der Waals surface area contributed by atoms with Gasteiger partial charge in [0.05, 0.1) is 20.6 Å². The number of carbonyl (C=O) groups excluding carboxylic acids is 2.